The summed E-state index contributed by atoms with van der Waals surface area (Å²) in [5.74, 6) is -3.08. The van der Waals surface area contributed by atoms with Crippen LogP contribution in [-0.4, -0.2) is 51.8 Å². The molecule has 2 aromatic carbocycles. The van der Waals surface area contributed by atoms with E-state index in [0.29, 0.717) is 16.7 Å². The van der Waals surface area contributed by atoms with Gasteiger partial charge >= 0.3 is 29.5 Å². The number of hydrogen-bond donors (Lipinski definition) is 0. The number of ether oxygens (including phenoxy) is 3. The highest BCUT2D eigenvalue weighted by molar-refractivity contribution is 6.31. The van der Waals surface area contributed by atoms with Gasteiger partial charge in [-0.15, -0.1) is 0 Å². The van der Waals surface area contributed by atoms with E-state index in [2.05, 4.69) is 25.8 Å². The van der Waals surface area contributed by atoms with Crippen LogP contribution in [0.15, 0.2) is 24.3 Å². The molecule has 0 aromatic heterocycles. The summed E-state index contributed by atoms with van der Waals surface area (Å²) in [5.41, 5.74) is 0.844. The van der Waals surface area contributed by atoms with E-state index in [0.717, 1.165) is 25.3 Å². The minimum Gasteiger partial charge on any atom is -0.465 e. The fourth-order valence-electron chi connectivity index (χ4n) is 2.79. The molecule has 0 N–H and O–H groups in total. The van der Waals surface area contributed by atoms with Gasteiger partial charge in [0.05, 0.1) is 46.5 Å². The second kappa shape index (κ2) is 17.1. The van der Waals surface area contributed by atoms with Crippen molar-refractivity contribution in [3.63, 3.8) is 0 Å². The number of aryl methyl sites for hydroxylation is 3. The van der Waals surface area contributed by atoms with Gasteiger partial charge in [-0.1, -0.05) is 23.2 Å². The van der Waals surface area contributed by atoms with Crippen LogP contribution < -0.4 is 0 Å². The maximum absolute atomic E-state index is 12.6. The molecule has 39 heavy (non-hydrogen) atoms. The van der Waals surface area contributed by atoms with Crippen molar-refractivity contribution >= 4 is 52.7 Å². The molecule has 0 amide bonds. The highest BCUT2D eigenvalue weighted by atomic mass is 35.5. The average molecular weight is 631 g/mol. The molecule has 0 fully saturated rings. The molecular formula is C24H25Cl3F6O6. The van der Waals surface area contributed by atoms with Gasteiger partial charge in [0.25, 0.3) is 0 Å². The number of carbonyl (C=O) groups excluding carboxylic acids is 3. The number of rotatable bonds is 3. The van der Waals surface area contributed by atoms with Crippen molar-refractivity contribution in [3.8, 4) is 0 Å². The van der Waals surface area contributed by atoms with Gasteiger partial charge in [0.15, 0.2) is 0 Å². The predicted molar refractivity (Wildman–Crippen MR) is 135 cm³/mol. The van der Waals surface area contributed by atoms with Gasteiger partial charge in [-0.2, -0.15) is 22.0 Å². The lowest BCUT2D eigenvalue weighted by molar-refractivity contribution is -0.157. The van der Waals surface area contributed by atoms with Gasteiger partial charge in [-0.25, -0.2) is 14.4 Å². The summed E-state index contributed by atoms with van der Waals surface area (Å²) >= 11 is 15.5. The molecule has 0 heterocycles. The van der Waals surface area contributed by atoms with E-state index < -0.39 is 41.8 Å². The lowest BCUT2D eigenvalue weighted by Gasteiger charge is -2.14. The molecule has 0 saturated carbocycles. The maximum Gasteiger partial charge on any atom is 0.417 e. The summed E-state index contributed by atoms with van der Waals surface area (Å²) < 4.78 is 88.8. The van der Waals surface area contributed by atoms with Crippen LogP contribution >= 0.6 is 34.8 Å². The van der Waals surface area contributed by atoms with Gasteiger partial charge in [0, 0.05) is 10.0 Å². The summed E-state index contributed by atoms with van der Waals surface area (Å²) in [6.45, 7) is 5.05. The molecule has 0 aliphatic rings. The van der Waals surface area contributed by atoms with Gasteiger partial charge < -0.3 is 14.2 Å². The van der Waals surface area contributed by atoms with Gasteiger partial charge in [-0.05, 0) is 73.3 Å². The number of halogens is 9. The predicted octanol–water partition coefficient (Wildman–Crippen LogP) is 7.77. The Bertz CT molecular complexity index is 1130. The number of benzene rings is 2. The van der Waals surface area contributed by atoms with Crippen molar-refractivity contribution in [2.75, 3.05) is 28.5 Å². The van der Waals surface area contributed by atoms with E-state index in [1.165, 1.54) is 20.1 Å². The Hall–Kier alpha value is -2.70. The molecule has 0 atom stereocenters. The molecule has 0 aliphatic heterocycles. The van der Waals surface area contributed by atoms with Gasteiger partial charge in [-0.3, -0.25) is 4.39 Å². The number of alkyl halides is 7. The lowest BCUT2D eigenvalue weighted by atomic mass is 10.0. The highest BCUT2D eigenvalue weighted by Gasteiger charge is 2.37. The van der Waals surface area contributed by atoms with Crippen LogP contribution in [0.1, 0.15) is 44.3 Å². The lowest BCUT2D eigenvalue weighted by Crippen LogP contribution is -2.22. The third kappa shape index (κ3) is 12.8. The summed E-state index contributed by atoms with van der Waals surface area (Å²) in [7, 11) is 2.23. The number of hydrogen-bond acceptors (Lipinski definition) is 6. The third-order valence-electron chi connectivity index (χ3n) is 4.30. The molecule has 6 nitrogen and oxygen atoms in total. The Morgan fingerprint density at radius 3 is 1.36 bits per heavy atom. The molecule has 220 valence electrons. The Kier molecular flexibility index (Phi) is 15.9. The van der Waals surface area contributed by atoms with Crippen LogP contribution in [0, 0.1) is 20.8 Å². The van der Waals surface area contributed by atoms with E-state index in [1.807, 2.05) is 13.8 Å². The summed E-state index contributed by atoms with van der Waals surface area (Å²) in [6.07, 6.45) is -4.64. The standard InChI is InChI=1S/C10H8ClF3O2.C10H11ClO2.C3H3ClF2O2.CH3F/c1-5-3-6(11)4-7(10(12,13)14)8(5)9(15)16-2;1-6-4-8(11)5-7(2)9(6)10(12)13-3;1-8-2(7)3(4,5)6;1-2/h3-4H,1-2H3;4-5H,1-3H3;1H3;1H3/i;;;1D. The molecule has 2 rings (SSSR count). The molecule has 15 heteroatoms. The number of esters is 3. The first kappa shape index (κ1) is 36.3. The van der Waals surface area contributed by atoms with E-state index in [1.54, 1.807) is 12.1 Å². The van der Waals surface area contributed by atoms with E-state index in [4.69, 9.17) is 24.6 Å². The summed E-state index contributed by atoms with van der Waals surface area (Å²) in [6, 6.07) is 5.49. The number of carbonyl (C=O) groups is 3. The monoisotopic (exact) mass is 629 g/mol. The first-order valence-corrected chi connectivity index (χ1v) is 11.2. The first-order valence-electron chi connectivity index (χ1n) is 10.7. The molecule has 0 aliphatic carbocycles. The smallest absolute Gasteiger partial charge is 0.417 e. The Labute approximate surface area is 237 Å². The molecule has 0 unspecified atom stereocenters. The Balaban J connectivity index is 0. The van der Waals surface area contributed by atoms with Crippen LogP contribution in [0.4, 0.5) is 26.3 Å². The van der Waals surface area contributed by atoms with Gasteiger partial charge in [0.2, 0.25) is 0 Å². The third-order valence-corrected chi connectivity index (χ3v) is 4.89. The molecular weight excluding hydrogens is 605 g/mol. The zero-order valence-electron chi connectivity index (χ0n) is 22.4. The fourth-order valence-corrected chi connectivity index (χ4v) is 3.47. The van der Waals surface area contributed by atoms with E-state index in [-0.39, 0.29) is 16.6 Å². The molecule has 0 spiro atoms. The van der Waals surface area contributed by atoms with Crippen molar-refractivity contribution in [1.82, 2.24) is 0 Å². The first-order chi connectivity index (χ1) is 18.2. The van der Waals surface area contributed by atoms with Crippen molar-refractivity contribution in [2.45, 2.75) is 32.3 Å². The largest absolute Gasteiger partial charge is 0.465 e. The quantitative estimate of drug-likeness (QED) is 0.149. The molecule has 0 radical (unpaired) electrons. The van der Waals surface area contributed by atoms with Gasteiger partial charge in [0.1, 0.15) is 0 Å². The molecule has 0 saturated heterocycles. The highest BCUT2D eigenvalue weighted by Crippen LogP contribution is 2.35. The van der Waals surface area contributed by atoms with Crippen LogP contribution in [0.3, 0.4) is 0 Å². The second-order valence-electron chi connectivity index (χ2n) is 7.03. The minimum absolute atomic E-state index is 0.0718. The van der Waals surface area contributed by atoms with Crippen LogP contribution in [0.25, 0.3) is 0 Å². The fraction of sp³-hybridized carbons (Fsp3) is 0.375. The van der Waals surface area contributed by atoms with Crippen molar-refractivity contribution < 1.29 is 56.3 Å². The Morgan fingerprint density at radius 1 is 0.744 bits per heavy atom. The topological polar surface area (TPSA) is 78.9 Å². The maximum atomic E-state index is 12.6. The number of methoxy groups -OCH3 is 3. The summed E-state index contributed by atoms with van der Waals surface area (Å²) in [5, 5.41) is -3.31. The molecule has 0 bridgehead atoms. The van der Waals surface area contributed by atoms with Crippen LogP contribution in [-0.2, 0) is 25.2 Å². The normalized spacial score (nSPS) is 10.7. The zero-order chi connectivity index (χ0) is 32.0. The van der Waals surface area contributed by atoms with Crippen molar-refractivity contribution in [2.24, 2.45) is 0 Å². The van der Waals surface area contributed by atoms with Crippen LogP contribution in [0.2, 0.25) is 10.0 Å². The second-order valence-corrected chi connectivity index (χ2v) is 8.38. The van der Waals surface area contributed by atoms with Crippen molar-refractivity contribution in [1.29, 1.82) is 0 Å². The zero-order valence-corrected chi connectivity index (χ0v) is 23.6. The Morgan fingerprint density at radius 2 is 1.08 bits per heavy atom. The average Bonchev–Trinajstić information content (AvgIpc) is 2.82. The van der Waals surface area contributed by atoms with E-state index in [9.17, 15) is 40.7 Å². The minimum atomic E-state index is -4.64. The summed E-state index contributed by atoms with van der Waals surface area (Å²) in [4.78, 5) is 32.3. The molecule has 2 aromatic rings. The SMILES string of the molecule is COC(=O)C(F)(F)Cl.COC(=O)c1c(C)cc(Cl)cc1C.COC(=O)c1c(C)cc(Cl)cc1C(F)(F)F.[2H]CF. The van der Waals surface area contributed by atoms with Crippen LogP contribution in [0.5, 0.6) is 0 Å². The van der Waals surface area contributed by atoms with E-state index >= 15 is 0 Å². The van der Waals surface area contributed by atoms with Crippen molar-refractivity contribution in [3.05, 3.63) is 67.7 Å².